The number of aromatic nitrogens is 3. The van der Waals surface area contributed by atoms with Crippen molar-refractivity contribution in [1.29, 1.82) is 0 Å². The Morgan fingerprint density at radius 3 is 2.68 bits per heavy atom. The van der Waals surface area contributed by atoms with Crippen molar-refractivity contribution >= 4 is 17.3 Å². The van der Waals surface area contributed by atoms with Gasteiger partial charge in [-0.25, -0.2) is 18.7 Å². The van der Waals surface area contributed by atoms with Gasteiger partial charge in [0.25, 0.3) is 5.91 Å². The van der Waals surface area contributed by atoms with Crippen LogP contribution in [-0.2, 0) is 4.74 Å². The molecule has 5 N–H and O–H groups in total. The van der Waals surface area contributed by atoms with Crippen molar-refractivity contribution in [3.63, 3.8) is 0 Å². The number of pyridine rings is 1. The summed E-state index contributed by atoms with van der Waals surface area (Å²) in [6.07, 6.45) is 1.66. The lowest BCUT2D eigenvalue weighted by Crippen LogP contribution is -2.44. The summed E-state index contributed by atoms with van der Waals surface area (Å²) in [6.45, 7) is 3.60. The molecule has 0 radical (unpaired) electrons. The van der Waals surface area contributed by atoms with Crippen molar-refractivity contribution in [1.82, 2.24) is 15.0 Å². The summed E-state index contributed by atoms with van der Waals surface area (Å²) >= 11 is 0. The molecule has 2 aromatic heterocycles. The Morgan fingerprint density at radius 2 is 1.97 bits per heavy atom. The highest BCUT2D eigenvalue weighted by Gasteiger charge is 2.36. The van der Waals surface area contributed by atoms with Crippen LogP contribution in [0.5, 0.6) is 0 Å². The number of nitrogens with one attached hydrogen (secondary N) is 1. The number of rotatable bonds is 5. The molecule has 1 fully saturated rings. The third kappa shape index (κ3) is 4.49. The number of aliphatic hydroxyl groups is 2. The normalized spacial score (nSPS) is 22.2. The Morgan fingerprint density at radius 1 is 1.24 bits per heavy atom. The third-order valence-corrected chi connectivity index (χ3v) is 5.41. The van der Waals surface area contributed by atoms with Crippen molar-refractivity contribution in [2.45, 2.75) is 30.8 Å². The second-order valence-electron chi connectivity index (χ2n) is 7.63. The first kappa shape index (κ1) is 23.4. The maximum Gasteiger partial charge on any atom is 0.276 e. The Kier molecular flexibility index (Phi) is 6.59. The fourth-order valence-electron chi connectivity index (χ4n) is 3.68. The van der Waals surface area contributed by atoms with Gasteiger partial charge in [-0.2, -0.15) is 0 Å². The predicted octanol–water partition coefficient (Wildman–Crippen LogP) is 2.39. The van der Waals surface area contributed by atoms with Gasteiger partial charge in [-0.1, -0.05) is 12.1 Å². The quantitative estimate of drug-likeness (QED) is 0.417. The molecule has 4 rings (SSSR count). The molecule has 1 aromatic carbocycles. The maximum atomic E-state index is 14.2. The fraction of sp³-hybridized carbons (Fsp3) is 0.217. The summed E-state index contributed by atoms with van der Waals surface area (Å²) in [5.41, 5.74) is 5.68. The van der Waals surface area contributed by atoms with Crippen LogP contribution in [0.25, 0.3) is 11.4 Å². The van der Waals surface area contributed by atoms with Crippen molar-refractivity contribution in [3.8, 4) is 11.4 Å². The molecule has 4 atom stereocenters. The summed E-state index contributed by atoms with van der Waals surface area (Å²) in [4.78, 5) is 24.9. The molecule has 1 saturated heterocycles. The van der Waals surface area contributed by atoms with Crippen LogP contribution >= 0.6 is 0 Å². The molecular formula is C23H21F2N5O4. The molecule has 1 amide bonds. The van der Waals surface area contributed by atoms with E-state index < -0.39 is 47.5 Å². The number of hydrogen-bond donors (Lipinski definition) is 4. The first-order chi connectivity index (χ1) is 16.3. The largest absolute Gasteiger partial charge is 0.396 e. The van der Waals surface area contributed by atoms with Crippen LogP contribution in [0.3, 0.4) is 0 Å². The van der Waals surface area contributed by atoms with Gasteiger partial charge >= 0.3 is 0 Å². The van der Waals surface area contributed by atoms with Gasteiger partial charge < -0.3 is 26.0 Å². The van der Waals surface area contributed by atoms with Crippen LogP contribution in [0.15, 0.2) is 55.5 Å². The minimum Gasteiger partial charge on any atom is -0.396 e. The number of ether oxygens (including phenoxy) is 1. The van der Waals surface area contributed by atoms with Gasteiger partial charge in [0.1, 0.15) is 23.8 Å². The standard InChI is InChI=1S/C23H21F2N5O4/c1-2-17-21(32)16(31)8-18(34-17)11-6-7-27-10-15(11)29-23(33)20-14(26)9-28-22(30-20)19-12(24)4-3-5-13(19)25/h2-7,9-10,16-18,21,31-32H,1,8,26H2,(H,29,33)/t16-,17-,18-,21+/m1/s1. The number of aliphatic hydroxyl groups excluding tert-OH is 2. The molecule has 1 aliphatic rings. The van der Waals surface area contributed by atoms with Crippen molar-refractivity contribution in [2.24, 2.45) is 0 Å². The zero-order valence-corrected chi connectivity index (χ0v) is 17.7. The van der Waals surface area contributed by atoms with Gasteiger partial charge in [0.05, 0.1) is 41.5 Å². The maximum absolute atomic E-state index is 14.2. The van der Waals surface area contributed by atoms with Crippen molar-refractivity contribution in [2.75, 3.05) is 11.1 Å². The minimum atomic E-state index is -1.13. The van der Waals surface area contributed by atoms with Crippen LogP contribution < -0.4 is 11.1 Å². The molecule has 34 heavy (non-hydrogen) atoms. The number of carbonyl (C=O) groups excluding carboxylic acids is 1. The van der Waals surface area contributed by atoms with Gasteiger partial charge in [0.2, 0.25) is 0 Å². The number of nitrogen functional groups attached to an aromatic ring is 1. The van der Waals surface area contributed by atoms with Crippen LogP contribution in [0.1, 0.15) is 28.6 Å². The number of halogens is 2. The average molecular weight is 469 g/mol. The van der Waals surface area contributed by atoms with Gasteiger partial charge in [-0.15, -0.1) is 6.58 Å². The van der Waals surface area contributed by atoms with Gasteiger partial charge in [0, 0.05) is 18.2 Å². The van der Waals surface area contributed by atoms with Gasteiger partial charge in [-0.3, -0.25) is 9.78 Å². The number of hydrogen-bond acceptors (Lipinski definition) is 8. The van der Waals surface area contributed by atoms with Gasteiger partial charge in [0.15, 0.2) is 11.5 Å². The Balaban J connectivity index is 1.64. The summed E-state index contributed by atoms with van der Waals surface area (Å²) in [6, 6.07) is 4.88. The Labute approximate surface area is 193 Å². The summed E-state index contributed by atoms with van der Waals surface area (Å²) < 4.78 is 34.2. The van der Waals surface area contributed by atoms with E-state index in [1.165, 1.54) is 24.5 Å². The number of anilines is 2. The third-order valence-electron chi connectivity index (χ3n) is 5.41. The summed E-state index contributed by atoms with van der Waals surface area (Å²) in [5, 5.41) is 22.9. The number of carbonyl (C=O) groups is 1. The fourth-order valence-corrected chi connectivity index (χ4v) is 3.68. The smallest absolute Gasteiger partial charge is 0.276 e. The molecule has 0 saturated carbocycles. The van der Waals surface area contributed by atoms with E-state index in [1.807, 2.05) is 0 Å². The molecule has 9 nitrogen and oxygen atoms in total. The van der Waals surface area contributed by atoms with Crippen LogP contribution in [0.2, 0.25) is 0 Å². The zero-order valence-electron chi connectivity index (χ0n) is 17.7. The highest BCUT2D eigenvalue weighted by atomic mass is 19.1. The topological polar surface area (TPSA) is 143 Å². The summed E-state index contributed by atoms with van der Waals surface area (Å²) in [7, 11) is 0. The van der Waals surface area contributed by atoms with Crippen LogP contribution in [0.4, 0.5) is 20.2 Å². The lowest BCUT2D eigenvalue weighted by molar-refractivity contribution is -0.152. The number of amides is 1. The molecule has 1 aliphatic heterocycles. The zero-order chi connectivity index (χ0) is 24.4. The molecule has 11 heteroatoms. The number of nitrogens with zero attached hydrogens (tertiary/aromatic N) is 3. The van der Waals surface area contributed by atoms with Crippen molar-refractivity contribution < 1.29 is 28.5 Å². The monoisotopic (exact) mass is 469 g/mol. The van der Waals surface area contributed by atoms with Crippen LogP contribution in [0, 0.1) is 11.6 Å². The second-order valence-corrected chi connectivity index (χ2v) is 7.63. The van der Waals surface area contributed by atoms with E-state index in [1.54, 1.807) is 6.07 Å². The van der Waals surface area contributed by atoms with E-state index in [2.05, 4.69) is 26.8 Å². The minimum absolute atomic E-state index is 0.0603. The SMILES string of the molecule is C=C[C@H]1O[C@@H](c2ccncc2NC(=O)c2nc(-c3c(F)cccc3F)ncc2N)C[C@@H](O)[C@@H]1O. The molecule has 3 heterocycles. The lowest BCUT2D eigenvalue weighted by Gasteiger charge is -2.36. The number of benzene rings is 1. The van der Waals surface area contributed by atoms with Crippen molar-refractivity contribution in [3.05, 3.63) is 78.4 Å². The highest BCUT2D eigenvalue weighted by molar-refractivity contribution is 6.06. The van der Waals surface area contributed by atoms with E-state index in [4.69, 9.17) is 10.5 Å². The Hall–Kier alpha value is -3.80. The predicted molar refractivity (Wildman–Crippen MR) is 118 cm³/mol. The molecule has 0 spiro atoms. The van der Waals surface area contributed by atoms with E-state index in [0.29, 0.717) is 5.56 Å². The molecule has 3 aromatic rings. The van der Waals surface area contributed by atoms with Gasteiger partial charge in [-0.05, 0) is 18.2 Å². The first-order valence-electron chi connectivity index (χ1n) is 10.3. The first-order valence-corrected chi connectivity index (χ1v) is 10.3. The summed E-state index contributed by atoms with van der Waals surface area (Å²) in [5.74, 6) is -2.90. The molecule has 0 aliphatic carbocycles. The molecule has 176 valence electrons. The lowest BCUT2D eigenvalue weighted by atomic mass is 9.93. The number of nitrogens with two attached hydrogens (primary N) is 1. The van der Waals surface area contributed by atoms with E-state index in [9.17, 15) is 23.8 Å². The van der Waals surface area contributed by atoms with Crippen LogP contribution in [-0.4, -0.2) is 49.4 Å². The second kappa shape index (κ2) is 9.59. The Bertz CT molecular complexity index is 1220. The highest BCUT2D eigenvalue weighted by Crippen LogP contribution is 2.35. The molecule has 0 bridgehead atoms. The van der Waals surface area contributed by atoms with E-state index in [-0.39, 0.29) is 29.3 Å². The molecular weight excluding hydrogens is 448 g/mol. The van der Waals surface area contributed by atoms with E-state index in [0.717, 1.165) is 18.3 Å². The molecule has 0 unspecified atom stereocenters. The average Bonchev–Trinajstić information content (AvgIpc) is 2.82. The van der Waals surface area contributed by atoms with E-state index >= 15 is 0 Å².